The van der Waals surface area contributed by atoms with Gasteiger partial charge >= 0.3 is 0 Å². The summed E-state index contributed by atoms with van der Waals surface area (Å²) in [5.41, 5.74) is 1.37. The lowest BCUT2D eigenvalue weighted by atomic mass is 9.97. The van der Waals surface area contributed by atoms with Gasteiger partial charge in [-0.25, -0.2) is 0 Å². The Morgan fingerprint density at radius 2 is 1.77 bits per heavy atom. The molecule has 0 aliphatic carbocycles. The second-order valence-corrected chi connectivity index (χ2v) is 7.46. The van der Waals surface area contributed by atoms with Crippen molar-refractivity contribution in [1.82, 2.24) is 30.0 Å². The first-order chi connectivity index (χ1) is 14.7. The first kappa shape index (κ1) is 18.2. The molecular weight excluding hydrogens is 380 g/mol. The van der Waals surface area contributed by atoms with Crippen LogP contribution in [0.3, 0.4) is 0 Å². The third-order valence-corrected chi connectivity index (χ3v) is 5.57. The monoisotopic (exact) mass is 400 g/mol. The van der Waals surface area contributed by atoms with Crippen molar-refractivity contribution in [2.24, 2.45) is 0 Å². The Morgan fingerprint density at radius 3 is 2.57 bits per heavy atom. The van der Waals surface area contributed by atoms with E-state index in [0.717, 1.165) is 18.4 Å². The van der Waals surface area contributed by atoms with Gasteiger partial charge in [-0.2, -0.15) is 20.0 Å². The Hall–Kier alpha value is -3.81. The van der Waals surface area contributed by atoms with Crippen molar-refractivity contribution in [3.8, 4) is 17.1 Å². The zero-order valence-corrected chi connectivity index (χ0v) is 16.5. The summed E-state index contributed by atoms with van der Waals surface area (Å²) in [6, 6.07) is 17.0. The third-order valence-electron chi connectivity index (χ3n) is 5.57. The molecule has 1 atom stereocenters. The molecule has 0 saturated carbocycles. The summed E-state index contributed by atoms with van der Waals surface area (Å²) < 4.78 is 5.64. The SMILES string of the molecule is C[C@@]1(c2nc(-c3ccccc3)no2)CCCN1C(=O)c1ccccc1-n1nccn1. The summed E-state index contributed by atoms with van der Waals surface area (Å²) in [6.07, 6.45) is 4.78. The molecule has 3 heterocycles. The molecule has 1 aliphatic heterocycles. The number of hydrogen-bond acceptors (Lipinski definition) is 6. The van der Waals surface area contributed by atoms with E-state index in [4.69, 9.17) is 4.52 Å². The molecule has 30 heavy (non-hydrogen) atoms. The maximum absolute atomic E-state index is 13.6. The molecule has 2 aromatic carbocycles. The zero-order valence-electron chi connectivity index (χ0n) is 16.5. The molecular formula is C22H20N6O2. The van der Waals surface area contributed by atoms with Gasteiger partial charge in [0.25, 0.3) is 11.8 Å². The summed E-state index contributed by atoms with van der Waals surface area (Å²) in [5.74, 6) is 0.858. The van der Waals surface area contributed by atoms with E-state index in [0.29, 0.717) is 29.5 Å². The maximum Gasteiger partial charge on any atom is 0.257 e. The Bertz CT molecular complexity index is 1170. The number of aromatic nitrogens is 5. The maximum atomic E-state index is 13.6. The molecule has 1 fully saturated rings. The van der Waals surface area contributed by atoms with Crippen LogP contribution in [0.15, 0.2) is 71.5 Å². The molecule has 1 amide bonds. The number of carbonyl (C=O) groups excluding carboxylic acids is 1. The minimum atomic E-state index is -0.679. The smallest absolute Gasteiger partial charge is 0.257 e. The van der Waals surface area contributed by atoms with E-state index in [1.165, 1.54) is 4.80 Å². The van der Waals surface area contributed by atoms with Crippen molar-refractivity contribution in [2.45, 2.75) is 25.3 Å². The van der Waals surface area contributed by atoms with E-state index in [2.05, 4.69) is 20.3 Å². The average molecular weight is 400 g/mol. The second-order valence-electron chi connectivity index (χ2n) is 7.46. The van der Waals surface area contributed by atoms with Crippen LogP contribution in [0.2, 0.25) is 0 Å². The zero-order chi connectivity index (χ0) is 20.6. The lowest BCUT2D eigenvalue weighted by Crippen LogP contribution is -2.43. The minimum absolute atomic E-state index is 0.109. The lowest BCUT2D eigenvalue weighted by molar-refractivity contribution is 0.0551. The number of likely N-dealkylation sites (tertiary alicyclic amines) is 1. The standard InChI is InChI=1S/C22H20N6O2/c1-22(21-25-19(26-30-21)16-8-3-2-4-9-16)12-7-15-27(22)20(29)17-10-5-6-11-18(17)28-23-13-14-24-28/h2-6,8-11,13-14H,7,12,15H2,1H3/t22-/m0/s1. The first-order valence-electron chi connectivity index (χ1n) is 9.84. The van der Waals surface area contributed by atoms with Gasteiger partial charge in [-0.15, -0.1) is 0 Å². The van der Waals surface area contributed by atoms with Gasteiger partial charge in [0.05, 0.1) is 23.6 Å². The quantitative estimate of drug-likeness (QED) is 0.521. The molecule has 8 heteroatoms. The fourth-order valence-corrected chi connectivity index (χ4v) is 3.97. The van der Waals surface area contributed by atoms with Gasteiger partial charge in [0.1, 0.15) is 5.54 Å². The van der Waals surface area contributed by atoms with E-state index in [1.54, 1.807) is 18.5 Å². The molecule has 1 aliphatic rings. The molecule has 0 radical (unpaired) electrons. The van der Waals surface area contributed by atoms with Crippen LogP contribution in [-0.2, 0) is 5.54 Å². The highest BCUT2D eigenvalue weighted by molar-refractivity contribution is 5.98. The van der Waals surface area contributed by atoms with Crippen LogP contribution in [0, 0.1) is 0 Å². The fraction of sp³-hybridized carbons (Fsp3) is 0.227. The van der Waals surface area contributed by atoms with Gasteiger partial charge in [0.2, 0.25) is 5.82 Å². The van der Waals surface area contributed by atoms with E-state index in [9.17, 15) is 4.79 Å². The molecule has 0 unspecified atom stereocenters. The van der Waals surface area contributed by atoms with Crippen LogP contribution in [0.1, 0.15) is 36.0 Å². The van der Waals surface area contributed by atoms with Crippen LogP contribution in [0.4, 0.5) is 0 Å². The Kier molecular flexibility index (Phi) is 4.39. The van der Waals surface area contributed by atoms with Crippen molar-refractivity contribution < 1.29 is 9.32 Å². The number of rotatable bonds is 4. The van der Waals surface area contributed by atoms with Crippen molar-refractivity contribution >= 4 is 5.91 Å². The number of carbonyl (C=O) groups is 1. The largest absolute Gasteiger partial charge is 0.336 e. The second kappa shape index (κ2) is 7.22. The average Bonchev–Trinajstić information content (AvgIpc) is 3.55. The van der Waals surface area contributed by atoms with Crippen LogP contribution >= 0.6 is 0 Å². The predicted molar refractivity (Wildman–Crippen MR) is 109 cm³/mol. The Balaban J connectivity index is 1.50. The van der Waals surface area contributed by atoms with Gasteiger partial charge in [-0.3, -0.25) is 4.79 Å². The topological polar surface area (TPSA) is 89.9 Å². The molecule has 5 rings (SSSR count). The normalized spacial score (nSPS) is 18.6. The van der Waals surface area contributed by atoms with Gasteiger partial charge in [0.15, 0.2) is 0 Å². The van der Waals surface area contributed by atoms with Crippen LogP contribution in [-0.4, -0.2) is 42.5 Å². The molecule has 1 saturated heterocycles. The summed E-state index contributed by atoms with van der Waals surface area (Å²) in [5, 5.41) is 12.5. The number of para-hydroxylation sites is 1. The predicted octanol–water partition coefficient (Wildman–Crippen LogP) is 3.47. The Morgan fingerprint density at radius 1 is 1.03 bits per heavy atom. The highest BCUT2D eigenvalue weighted by Gasteiger charge is 2.46. The molecule has 150 valence electrons. The third kappa shape index (κ3) is 2.97. The number of amides is 1. The number of hydrogen-bond donors (Lipinski definition) is 0. The minimum Gasteiger partial charge on any atom is -0.336 e. The van der Waals surface area contributed by atoms with Crippen molar-refractivity contribution in [3.63, 3.8) is 0 Å². The van der Waals surface area contributed by atoms with E-state index in [-0.39, 0.29) is 5.91 Å². The van der Waals surface area contributed by atoms with Gasteiger partial charge in [-0.1, -0.05) is 47.6 Å². The lowest BCUT2D eigenvalue weighted by Gasteiger charge is -2.32. The fourth-order valence-electron chi connectivity index (χ4n) is 3.97. The first-order valence-corrected chi connectivity index (χ1v) is 9.84. The number of nitrogens with zero attached hydrogens (tertiary/aromatic N) is 6. The van der Waals surface area contributed by atoms with Gasteiger partial charge in [0, 0.05) is 12.1 Å². The number of benzene rings is 2. The van der Waals surface area contributed by atoms with Gasteiger partial charge < -0.3 is 9.42 Å². The van der Waals surface area contributed by atoms with E-state index >= 15 is 0 Å². The highest BCUT2D eigenvalue weighted by Crippen LogP contribution is 2.39. The summed E-state index contributed by atoms with van der Waals surface area (Å²) >= 11 is 0. The van der Waals surface area contributed by atoms with Crippen LogP contribution < -0.4 is 0 Å². The van der Waals surface area contributed by atoms with Crippen molar-refractivity contribution in [2.75, 3.05) is 6.54 Å². The summed E-state index contributed by atoms with van der Waals surface area (Å²) in [7, 11) is 0. The van der Waals surface area contributed by atoms with Gasteiger partial charge in [-0.05, 0) is 31.9 Å². The molecule has 0 spiro atoms. The molecule has 0 bridgehead atoms. The highest BCUT2D eigenvalue weighted by atomic mass is 16.5. The molecule has 8 nitrogen and oxygen atoms in total. The van der Waals surface area contributed by atoms with Crippen molar-refractivity contribution in [1.29, 1.82) is 0 Å². The van der Waals surface area contributed by atoms with E-state index in [1.807, 2.05) is 60.4 Å². The van der Waals surface area contributed by atoms with E-state index < -0.39 is 5.54 Å². The molecule has 0 N–H and O–H groups in total. The van der Waals surface area contributed by atoms with Crippen LogP contribution in [0.25, 0.3) is 17.1 Å². The summed E-state index contributed by atoms with van der Waals surface area (Å²) in [6.45, 7) is 2.59. The van der Waals surface area contributed by atoms with Crippen molar-refractivity contribution in [3.05, 3.63) is 78.4 Å². The summed E-state index contributed by atoms with van der Waals surface area (Å²) in [4.78, 5) is 21.5. The molecule has 2 aromatic heterocycles. The molecule has 4 aromatic rings. The van der Waals surface area contributed by atoms with Crippen LogP contribution in [0.5, 0.6) is 0 Å². The Labute approximate surface area is 173 Å².